The van der Waals surface area contributed by atoms with Crippen molar-refractivity contribution in [1.82, 2.24) is 25.2 Å². The zero-order valence-corrected chi connectivity index (χ0v) is 11.9. The number of urea groups is 1. The second-order valence-electron chi connectivity index (χ2n) is 5.22. The van der Waals surface area contributed by atoms with Gasteiger partial charge in [-0.05, 0) is 12.3 Å². The lowest BCUT2D eigenvalue weighted by Crippen LogP contribution is -2.37. The Morgan fingerprint density at radius 3 is 2.67 bits per heavy atom. The van der Waals surface area contributed by atoms with Gasteiger partial charge in [-0.3, -0.25) is 9.69 Å². The maximum absolute atomic E-state index is 12.1. The van der Waals surface area contributed by atoms with E-state index in [2.05, 4.69) is 15.6 Å². The fourth-order valence-corrected chi connectivity index (χ4v) is 2.14. The molecule has 0 radical (unpaired) electrons. The molecule has 1 aliphatic heterocycles. The zero-order chi connectivity index (χ0) is 15.6. The van der Waals surface area contributed by atoms with Gasteiger partial charge in [-0.25, -0.2) is 14.3 Å². The Bertz CT molecular complexity index is 580. The number of nitrogens with zero attached hydrogens (tertiary/aromatic N) is 4. The van der Waals surface area contributed by atoms with Crippen molar-refractivity contribution in [2.45, 2.75) is 26.8 Å². The third kappa shape index (κ3) is 3.18. The molecule has 1 fully saturated rings. The van der Waals surface area contributed by atoms with E-state index >= 15 is 0 Å². The van der Waals surface area contributed by atoms with Crippen LogP contribution in [0, 0.1) is 5.92 Å². The van der Waals surface area contributed by atoms with E-state index in [9.17, 15) is 14.4 Å². The van der Waals surface area contributed by atoms with Crippen LogP contribution in [-0.2, 0) is 17.8 Å². The van der Waals surface area contributed by atoms with E-state index in [0.29, 0.717) is 25.2 Å². The Morgan fingerprint density at radius 2 is 2.14 bits per heavy atom. The van der Waals surface area contributed by atoms with Crippen molar-refractivity contribution in [2.24, 2.45) is 5.92 Å². The minimum absolute atomic E-state index is 0.151. The van der Waals surface area contributed by atoms with Crippen LogP contribution in [0.1, 0.15) is 30.0 Å². The summed E-state index contributed by atoms with van der Waals surface area (Å²) in [5.41, 5.74) is 0.243. The number of amides is 3. The molecule has 1 aromatic rings. The first-order chi connectivity index (χ1) is 9.90. The SMILES string of the molecule is CC(C)Cc1c(C(=O)O)nnn1CC(=O)N1CCNC1=O. The minimum Gasteiger partial charge on any atom is -0.476 e. The first-order valence-electron chi connectivity index (χ1n) is 6.64. The molecule has 0 aliphatic carbocycles. The lowest BCUT2D eigenvalue weighted by molar-refractivity contribution is -0.128. The zero-order valence-electron chi connectivity index (χ0n) is 11.9. The van der Waals surface area contributed by atoms with Crippen LogP contribution in [0.25, 0.3) is 0 Å². The predicted octanol–water partition coefficient (Wildman–Crippen LogP) is -0.273. The molecular formula is C12H17N5O4. The maximum Gasteiger partial charge on any atom is 0.358 e. The second-order valence-corrected chi connectivity index (χ2v) is 5.22. The fourth-order valence-electron chi connectivity index (χ4n) is 2.14. The largest absolute Gasteiger partial charge is 0.476 e. The van der Waals surface area contributed by atoms with Crippen molar-refractivity contribution in [3.05, 3.63) is 11.4 Å². The number of hydrogen-bond acceptors (Lipinski definition) is 5. The molecule has 1 aromatic heterocycles. The molecule has 1 saturated heterocycles. The number of rotatable bonds is 5. The normalized spacial score (nSPS) is 14.6. The van der Waals surface area contributed by atoms with Crippen molar-refractivity contribution in [3.63, 3.8) is 0 Å². The molecule has 2 heterocycles. The molecule has 0 unspecified atom stereocenters. The number of aromatic nitrogens is 3. The summed E-state index contributed by atoms with van der Waals surface area (Å²) in [6.07, 6.45) is 0.439. The molecule has 0 atom stereocenters. The number of hydrogen-bond donors (Lipinski definition) is 2. The molecule has 9 heteroatoms. The van der Waals surface area contributed by atoms with Crippen molar-refractivity contribution >= 4 is 17.9 Å². The molecule has 1 aliphatic rings. The lowest BCUT2D eigenvalue weighted by atomic mass is 10.1. The predicted molar refractivity (Wildman–Crippen MR) is 70.6 cm³/mol. The Kier molecular flexibility index (Phi) is 4.20. The molecule has 9 nitrogen and oxygen atoms in total. The number of carbonyl (C=O) groups excluding carboxylic acids is 2. The molecule has 21 heavy (non-hydrogen) atoms. The highest BCUT2D eigenvalue weighted by molar-refractivity contribution is 5.95. The third-order valence-corrected chi connectivity index (χ3v) is 3.08. The smallest absolute Gasteiger partial charge is 0.358 e. The van der Waals surface area contributed by atoms with Crippen LogP contribution in [0.2, 0.25) is 0 Å². The lowest BCUT2D eigenvalue weighted by Gasteiger charge is -2.13. The van der Waals surface area contributed by atoms with E-state index < -0.39 is 17.9 Å². The van der Waals surface area contributed by atoms with E-state index in [1.807, 2.05) is 13.8 Å². The summed E-state index contributed by atoms with van der Waals surface area (Å²) in [7, 11) is 0. The molecule has 0 saturated carbocycles. The number of aromatic carboxylic acids is 1. The average molecular weight is 295 g/mol. The highest BCUT2D eigenvalue weighted by Gasteiger charge is 2.28. The number of nitrogens with one attached hydrogen (secondary N) is 1. The molecule has 3 amide bonds. The minimum atomic E-state index is -1.18. The number of imide groups is 1. The maximum atomic E-state index is 12.1. The summed E-state index contributed by atoms with van der Waals surface area (Å²) in [6, 6.07) is -0.441. The number of carboxylic acids is 1. The van der Waals surface area contributed by atoms with Gasteiger partial charge in [0, 0.05) is 13.1 Å². The molecule has 2 rings (SSSR count). The topological polar surface area (TPSA) is 117 Å². The summed E-state index contributed by atoms with van der Waals surface area (Å²) in [4.78, 5) is 35.7. The Balaban J connectivity index is 2.21. The molecule has 0 aromatic carbocycles. The van der Waals surface area contributed by atoms with Crippen LogP contribution in [0.4, 0.5) is 4.79 Å². The van der Waals surface area contributed by atoms with Gasteiger partial charge in [0.05, 0.1) is 5.69 Å². The Labute approximate surface area is 120 Å². The standard InChI is InChI=1S/C12H17N5O4/c1-7(2)5-8-10(11(19)20)14-15-17(8)6-9(18)16-4-3-13-12(16)21/h7H,3-6H2,1-2H3,(H,13,21)(H,19,20). The molecular weight excluding hydrogens is 278 g/mol. The number of carbonyl (C=O) groups is 3. The summed E-state index contributed by atoms with van der Waals surface area (Å²) >= 11 is 0. The summed E-state index contributed by atoms with van der Waals surface area (Å²) in [6.45, 7) is 4.38. The molecule has 2 N–H and O–H groups in total. The monoisotopic (exact) mass is 295 g/mol. The quantitative estimate of drug-likeness (QED) is 0.772. The third-order valence-electron chi connectivity index (χ3n) is 3.08. The van der Waals surface area contributed by atoms with E-state index in [1.165, 1.54) is 4.68 Å². The van der Waals surface area contributed by atoms with Gasteiger partial charge < -0.3 is 10.4 Å². The summed E-state index contributed by atoms with van der Waals surface area (Å²) in [5.74, 6) is -1.43. The van der Waals surface area contributed by atoms with Gasteiger partial charge in [-0.1, -0.05) is 19.1 Å². The van der Waals surface area contributed by atoms with E-state index in [1.54, 1.807) is 0 Å². The first-order valence-corrected chi connectivity index (χ1v) is 6.64. The Hall–Kier alpha value is -2.45. The van der Waals surface area contributed by atoms with Gasteiger partial charge in [-0.2, -0.15) is 0 Å². The van der Waals surface area contributed by atoms with Gasteiger partial charge in [0.2, 0.25) is 0 Å². The van der Waals surface area contributed by atoms with Crippen LogP contribution < -0.4 is 5.32 Å². The summed E-state index contributed by atoms with van der Waals surface area (Å²) < 4.78 is 1.26. The van der Waals surface area contributed by atoms with Gasteiger partial charge in [0.25, 0.3) is 5.91 Å². The van der Waals surface area contributed by atoms with Crippen molar-refractivity contribution < 1.29 is 19.5 Å². The Morgan fingerprint density at radius 1 is 1.43 bits per heavy atom. The fraction of sp³-hybridized carbons (Fsp3) is 0.583. The second kappa shape index (κ2) is 5.90. The van der Waals surface area contributed by atoms with Gasteiger partial charge in [-0.15, -0.1) is 5.10 Å². The van der Waals surface area contributed by atoms with E-state index in [0.717, 1.165) is 4.90 Å². The molecule has 0 bridgehead atoms. The van der Waals surface area contributed by atoms with Crippen molar-refractivity contribution in [1.29, 1.82) is 0 Å². The average Bonchev–Trinajstić information content (AvgIpc) is 2.96. The molecule has 114 valence electrons. The van der Waals surface area contributed by atoms with Crippen molar-refractivity contribution in [2.75, 3.05) is 13.1 Å². The number of carboxylic acid groups (broad SMARTS) is 1. The summed E-state index contributed by atoms with van der Waals surface area (Å²) in [5, 5.41) is 19.0. The van der Waals surface area contributed by atoms with Gasteiger partial charge in [0.1, 0.15) is 6.54 Å². The first kappa shape index (κ1) is 14.9. The highest BCUT2D eigenvalue weighted by Crippen LogP contribution is 2.13. The molecule has 0 spiro atoms. The van der Waals surface area contributed by atoms with Crippen LogP contribution in [-0.4, -0.2) is 56.0 Å². The van der Waals surface area contributed by atoms with Gasteiger partial charge >= 0.3 is 12.0 Å². The van der Waals surface area contributed by atoms with Crippen LogP contribution in [0.3, 0.4) is 0 Å². The van der Waals surface area contributed by atoms with E-state index in [-0.39, 0.29) is 18.2 Å². The highest BCUT2D eigenvalue weighted by atomic mass is 16.4. The van der Waals surface area contributed by atoms with Crippen LogP contribution in [0.5, 0.6) is 0 Å². The van der Waals surface area contributed by atoms with Crippen molar-refractivity contribution in [3.8, 4) is 0 Å². The van der Waals surface area contributed by atoms with Crippen LogP contribution >= 0.6 is 0 Å². The van der Waals surface area contributed by atoms with Crippen LogP contribution in [0.15, 0.2) is 0 Å². The van der Waals surface area contributed by atoms with E-state index in [4.69, 9.17) is 5.11 Å². The van der Waals surface area contributed by atoms with Gasteiger partial charge in [0.15, 0.2) is 5.69 Å².